The van der Waals surface area contributed by atoms with Gasteiger partial charge in [0.1, 0.15) is 42.9 Å². The highest BCUT2D eigenvalue weighted by molar-refractivity contribution is 5.87. The Morgan fingerprint density at radius 1 is 1.14 bits per heavy atom. The molecule has 5 N–H and O–H groups in total. The molecule has 1 fully saturated rings. The van der Waals surface area contributed by atoms with Crippen LogP contribution in [0.4, 0.5) is 0 Å². The molecule has 0 spiro atoms. The minimum Gasteiger partial charge on any atom is -0.497 e. The number of rotatable bonds is 9. The average Bonchev–Trinajstić information content (AvgIpc) is 2.74. The standard InChI is InChI=1S/C19H26O10/c1-26-13-5-2-11(3-6-13)4-7-15(22)27-9-12(21)10-28-19-18(25)17(24)16(23)14(8-20)29-19/h2-7,12,14,16-21,23-25H,8-10H2,1H3/b7-4+/t12-,14-,16-,17+,18-,19-/m1/s1. The van der Waals surface area contributed by atoms with E-state index in [9.17, 15) is 25.2 Å². The van der Waals surface area contributed by atoms with E-state index >= 15 is 0 Å². The summed E-state index contributed by atoms with van der Waals surface area (Å²) in [6, 6.07) is 6.99. The summed E-state index contributed by atoms with van der Waals surface area (Å²) < 4.78 is 20.2. The van der Waals surface area contributed by atoms with Gasteiger partial charge in [-0.2, -0.15) is 0 Å². The number of carbonyl (C=O) groups excluding carboxylic acids is 1. The molecule has 1 heterocycles. The Balaban J connectivity index is 1.73. The van der Waals surface area contributed by atoms with Crippen molar-refractivity contribution in [3.8, 4) is 5.75 Å². The maximum atomic E-state index is 11.7. The van der Waals surface area contributed by atoms with E-state index in [1.54, 1.807) is 37.5 Å². The Hall–Kier alpha value is -2.05. The van der Waals surface area contributed by atoms with Crippen LogP contribution >= 0.6 is 0 Å². The van der Waals surface area contributed by atoms with Crippen LogP contribution in [0.3, 0.4) is 0 Å². The van der Waals surface area contributed by atoms with Gasteiger partial charge in [0, 0.05) is 6.08 Å². The van der Waals surface area contributed by atoms with Gasteiger partial charge in [-0.25, -0.2) is 4.79 Å². The first-order chi connectivity index (χ1) is 13.8. The predicted octanol–water partition coefficient (Wildman–Crippen LogP) is -1.57. The molecule has 2 rings (SSSR count). The molecule has 29 heavy (non-hydrogen) atoms. The Morgan fingerprint density at radius 2 is 1.83 bits per heavy atom. The minimum absolute atomic E-state index is 0.372. The molecule has 0 unspecified atom stereocenters. The largest absolute Gasteiger partial charge is 0.497 e. The van der Waals surface area contributed by atoms with E-state index in [1.807, 2.05) is 0 Å². The van der Waals surface area contributed by atoms with Crippen LogP contribution in [0.25, 0.3) is 6.08 Å². The summed E-state index contributed by atoms with van der Waals surface area (Å²) in [5, 5.41) is 48.2. The molecular weight excluding hydrogens is 388 g/mol. The third kappa shape index (κ3) is 6.75. The molecule has 162 valence electrons. The number of esters is 1. The van der Waals surface area contributed by atoms with Gasteiger partial charge in [0.25, 0.3) is 0 Å². The summed E-state index contributed by atoms with van der Waals surface area (Å²) in [6.07, 6.45) is -5.62. The van der Waals surface area contributed by atoms with Crippen molar-refractivity contribution in [3.05, 3.63) is 35.9 Å². The second-order valence-electron chi connectivity index (χ2n) is 6.42. The first-order valence-corrected chi connectivity index (χ1v) is 8.94. The summed E-state index contributed by atoms with van der Waals surface area (Å²) in [6.45, 7) is -1.34. The van der Waals surface area contributed by atoms with Crippen molar-refractivity contribution in [2.24, 2.45) is 0 Å². The minimum atomic E-state index is -1.58. The van der Waals surface area contributed by atoms with E-state index in [1.165, 1.54) is 6.08 Å². The second-order valence-corrected chi connectivity index (χ2v) is 6.42. The first kappa shape index (κ1) is 23.2. The fourth-order valence-corrected chi connectivity index (χ4v) is 2.56. The highest BCUT2D eigenvalue weighted by Gasteiger charge is 2.44. The van der Waals surface area contributed by atoms with Crippen molar-refractivity contribution in [1.82, 2.24) is 0 Å². The maximum absolute atomic E-state index is 11.7. The lowest BCUT2D eigenvalue weighted by atomic mass is 9.99. The van der Waals surface area contributed by atoms with Crippen molar-refractivity contribution in [2.75, 3.05) is 26.9 Å². The monoisotopic (exact) mass is 414 g/mol. The van der Waals surface area contributed by atoms with Crippen LogP contribution < -0.4 is 4.74 Å². The van der Waals surface area contributed by atoms with E-state index in [-0.39, 0.29) is 13.2 Å². The van der Waals surface area contributed by atoms with Gasteiger partial charge in [-0.05, 0) is 23.8 Å². The van der Waals surface area contributed by atoms with Gasteiger partial charge in [0.15, 0.2) is 6.29 Å². The molecule has 6 atom stereocenters. The Morgan fingerprint density at radius 3 is 2.45 bits per heavy atom. The molecule has 1 aliphatic rings. The van der Waals surface area contributed by atoms with Crippen LogP contribution in [0.2, 0.25) is 0 Å². The van der Waals surface area contributed by atoms with Crippen LogP contribution in [-0.2, 0) is 19.0 Å². The van der Waals surface area contributed by atoms with E-state index in [4.69, 9.17) is 24.1 Å². The molecule has 0 radical (unpaired) electrons. The van der Waals surface area contributed by atoms with Gasteiger partial charge in [-0.1, -0.05) is 12.1 Å². The van der Waals surface area contributed by atoms with Crippen LogP contribution in [0, 0.1) is 0 Å². The number of carbonyl (C=O) groups is 1. The molecule has 1 saturated heterocycles. The zero-order valence-corrected chi connectivity index (χ0v) is 15.8. The van der Waals surface area contributed by atoms with E-state index < -0.39 is 49.4 Å². The lowest BCUT2D eigenvalue weighted by molar-refractivity contribution is -0.304. The normalized spacial score (nSPS) is 28.3. The molecule has 0 saturated carbocycles. The topological polar surface area (TPSA) is 155 Å². The molecule has 0 aromatic heterocycles. The summed E-state index contributed by atoms with van der Waals surface area (Å²) in [5.74, 6) is 0.0139. The lowest BCUT2D eigenvalue weighted by Crippen LogP contribution is -2.59. The Kier molecular flexibility index (Phi) is 8.99. The number of aliphatic hydroxyl groups is 5. The summed E-state index contributed by atoms with van der Waals surface area (Å²) >= 11 is 0. The highest BCUT2D eigenvalue weighted by atomic mass is 16.7. The molecular formula is C19H26O10. The van der Waals surface area contributed by atoms with Crippen molar-refractivity contribution in [2.45, 2.75) is 36.8 Å². The number of methoxy groups -OCH3 is 1. The predicted molar refractivity (Wildman–Crippen MR) is 98.7 cm³/mol. The summed E-state index contributed by atoms with van der Waals surface area (Å²) in [4.78, 5) is 11.7. The zero-order valence-electron chi connectivity index (χ0n) is 15.8. The van der Waals surface area contributed by atoms with Gasteiger partial charge < -0.3 is 44.5 Å². The smallest absolute Gasteiger partial charge is 0.330 e. The number of ether oxygens (including phenoxy) is 4. The van der Waals surface area contributed by atoms with Crippen molar-refractivity contribution in [1.29, 1.82) is 0 Å². The second kappa shape index (κ2) is 11.2. The average molecular weight is 414 g/mol. The molecule has 1 aromatic rings. The lowest BCUT2D eigenvalue weighted by Gasteiger charge is -2.39. The summed E-state index contributed by atoms with van der Waals surface area (Å²) in [7, 11) is 1.55. The third-order valence-corrected chi connectivity index (χ3v) is 4.25. The van der Waals surface area contributed by atoms with Crippen LogP contribution in [0.5, 0.6) is 5.75 Å². The fraction of sp³-hybridized carbons (Fsp3) is 0.526. The van der Waals surface area contributed by atoms with Gasteiger partial charge in [0.05, 0.1) is 20.3 Å². The number of hydrogen-bond acceptors (Lipinski definition) is 10. The number of aliphatic hydroxyl groups excluding tert-OH is 5. The van der Waals surface area contributed by atoms with Crippen molar-refractivity contribution >= 4 is 12.0 Å². The SMILES string of the molecule is COc1ccc(/C=C/C(=O)OC[C@@H](O)CO[C@@H]2O[C@H](CO)[C@@H](O)[C@H](O)[C@H]2O)cc1. The molecule has 10 nitrogen and oxygen atoms in total. The maximum Gasteiger partial charge on any atom is 0.330 e. The number of hydrogen-bond donors (Lipinski definition) is 5. The van der Waals surface area contributed by atoms with Gasteiger partial charge in [-0.15, -0.1) is 0 Å². The number of benzene rings is 1. The quantitative estimate of drug-likeness (QED) is 0.236. The molecule has 10 heteroatoms. The molecule has 0 bridgehead atoms. The highest BCUT2D eigenvalue weighted by Crippen LogP contribution is 2.22. The fourth-order valence-electron chi connectivity index (χ4n) is 2.56. The van der Waals surface area contributed by atoms with Crippen molar-refractivity contribution < 1.29 is 49.3 Å². The van der Waals surface area contributed by atoms with Crippen LogP contribution in [0.15, 0.2) is 30.3 Å². The molecule has 1 aromatic carbocycles. The summed E-state index contributed by atoms with van der Waals surface area (Å²) in [5.41, 5.74) is 0.759. The van der Waals surface area contributed by atoms with Gasteiger partial charge in [0.2, 0.25) is 0 Å². The third-order valence-electron chi connectivity index (χ3n) is 4.25. The van der Waals surface area contributed by atoms with Crippen LogP contribution in [0.1, 0.15) is 5.56 Å². The zero-order chi connectivity index (χ0) is 21.4. The molecule has 0 aliphatic carbocycles. The van der Waals surface area contributed by atoms with Gasteiger partial charge in [-0.3, -0.25) is 0 Å². The molecule has 0 amide bonds. The van der Waals surface area contributed by atoms with E-state index in [0.29, 0.717) is 5.75 Å². The van der Waals surface area contributed by atoms with E-state index in [2.05, 4.69) is 0 Å². The van der Waals surface area contributed by atoms with E-state index in [0.717, 1.165) is 5.56 Å². The van der Waals surface area contributed by atoms with Crippen molar-refractivity contribution in [3.63, 3.8) is 0 Å². The Bertz CT molecular complexity index is 659. The van der Waals surface area contributed by atoms with Gasteiger partial charge >= 0.3 is 5.97 Å². The first-order valence-electron chi connectivity index (χ1n) is 8.94. The molecule has 1 aliphatic heterocycles. The van der Waals surface area contributed by atoms with Crippen LogP contribution in [-0.4, -0.2) is 95.2 Å². The Labute approximate surface area is 167 Å².